The fourth-order valence-corrected chi connectivity index (χ4v) is 1.91. The van der Waals surface area contributed by atoms with Crippen LogP contribution in [0.2, 0.25) is 0 Å². The highest BCUT2D eigenvalue weighted by molar-refractivity contribution is 5.92. The number of nitrogens with one attached hydrogen (secondary N) is 1. The van der Waals surface area contributed by atoms with Gasteiger partial charge in [-0.3, -0.25) is 4.79 Å². The van der Waals surface area contributed by atoms with Gasteiger partial charge in [0.05, 0.1) is 0 Å². The number of hydrogen-bond acceptors (Lipinski definition) is 2. The highest BCUT2D eigenvalue weighted by Gasteiger charge is 2.19. The van der Waals surface area contributed by atoms with E-state index in [1.165, 1.54) is 0 Å². The van der Waals surface area contributed by atoms with Gasteiger partial charge >= 0.3 is 0 Å². The molecule has 0 spiro atoms. The number of piperazine rings is 1. The van der Waals surface area contributed by atoms with E-state index in [1.54, 1.807) is 0 Å². The zero-order valence-electron chi connectivity index (χ0n) is 9.48. The Kier molecular flexibility index (Phi) is 4.83. The number of nitrogens with zero attached hydrogens (tertiary/aromatic N) is 2. The molecule has 0 aromatic carbocycles. The van der Waals surface area contributed by atoms with Gasteiger partial charge in [-0.25, -0.2) is 0 Å². The molecular weight excluding hydrogens is 226 g/mol. The second-order valence-corrected chi connectivity index (χ2v) is 3.72. The van der Waals surface area contributed by atoms with Gasteiger partial charge in [0.25, 0.3) is 5.91 Å². The van der Waals surface area contributed by atoms with E-state index in [0.29, 0.717) is 0 Å². The van der Waals surface area contributed by atoms with Gasteiger partial charge < -0.3 is 14.8 Å². The smallest absolute Gasteiger partial charge is 0.270 e. The first-order chi connectivity index (χ1) is 7.33. The summed E-state index contributed by atoms with van der Waals surface area (Å²) in [5.74, 6) is 0.156. The number of rotatable bonds is 2. The third kappa shape index (κ3) is 2.57. The van der Waals surface area contributed by atoms with Crippen LogP contribution in [-0.4, -0.2) is 41.6 Å². The van der Waals surface area contributed by atoms with Crippen molar-refractivity contribution in [2.75, 3.05) is 26.2 Å². The first-order valence-electron chi connectivity index (χ1n) is 5.48. The predicted octanol–water partition coefficient (Wildman–Crippen LogP) is 0.975. The number of amides is 1. The molecule has 1 aliphatic heterocycles. The molecule has 2 heterocycles. The van der Waals surface area contributed by atoms with Crippen LogP contribution >= 0.6 is 12.4 Å². The van der Waals surface area contributed by atoms with Crippen LogP contribution in [-0.2, 0) is 6.54 Å². The van der Waals surface area contributed by atoms with Gasteiger partial charge in [-0.15, -0.1) is 12.4 Å². The van der Waals surface area contributed by atoms with Crippen molar-refractivity contribution in [2.24, 2.45) is 0 Å². The van der Waals surface area contributed by atoms with Gasteiger partial charge in [-0.2, -0.15) is 0 Å². The number of carbonyl (C=O) groups is 1. The average molecular weight is 244 g/mol. The Labute approximate surface area is 102 Å². The van der Waals surface area contributed by atoms with Crippen molar-refractivity contribution in [2.45, 2.75) is 13.5 Å². The molecule has 0 unspecified atom stereocenters. The number of hydrogen-bond donors (Lipinski definition) is 1. The molecule has 1 aliphatic rings. The highest BCUT2D eigenvalue weighted by atomic mass is 35.5. The minimum Gasteiger partial charge on any atom is -0.344 e. The highest BCUT2D eigenvalue weighted by Crippen LogP contribution is 2.07. The van der Waals surface area contributed by atoms with Crippen LogP contribution in [0, 0.1) is 0 Å². The molecule has 4 nitrogen and oxygen atoms in total. The molecule has 0 aliphatic carbocycles. The van der Waals surface area contributed by atoms with Crippen LogP contribution in [0.5, 0.6) is 0 Å². The van der Waals surface area contributed by atoms with Gasteiger partial charge in [0, 0.05) is 38.9 Å². The maximum atomic E-state index is 12.1. The van der Waals surface area contributed by atoms with Gasteiger partial charge in [-0.05, 0) is 19.1 Å². The fourth-order valence-electron chi connectivity index (χ4n) is 1.91. The van der Waals surface area contributed by atoms with E-state index >= 15 is 0 Å². The minimum absolute atomic E-state index is 0. The molecule has 1 saturated heterocycles. The summed E-state index contributed by atoms with van der Waals surface area (Å²) >= 11 is 0. The maximum absolute atomic E-state index is 12.1. The molecule has 2 rings (SSSR count). The van der Waals surface area contributed by atoms with Crippen molar-refractivity contribution in [3.63, 3.8) is 0 Å². The first kappa shape index (κ1) is 13.1. The molecule has 0 radical (unpaired) electrons. The lowest BCUT2D eigenvalue weighted by atomic mass is 10.3. The Morgan fingerprint density at radius 1 is 1.44 bits per heavy atom. The van der Waals surface area contributed by atoms with Crippen molar-refractivity contribution < 1.29 is 4.79 Å². The molecule has 1 N–H and O–H groups in total. The summed E-state index contributed by atoms with van der Waals surface area (Å²) < 4.78 is 1.99. The van der Waals surface area contributed by atoms with Crippen LogP contribution in [0.15, 0.2) is 18.3 Å². The van der Waals surface area contributed by atoms with Crippen LogP contribution in [0.3, 0.4) is 0 Å². The first-order valence-corrected chi connectivity index (χ1v) is 5.48. The summed E-state index contributed by atoms with van der Waals surface area (Å²) in [5.41, 5.74) is 0.805. The van der Waals surface area contributed by atoms with E-state index in [9.17, 15) is 4.79 Å². The van der Waals surface area contributed by atoms with Crippen molar-refractivity contribution >= 4 is 18.3 Å². The monoisotopic (exact) mass is 243 g/mol. The van der Waals surface area contributed by atoms with Crippen molar-refractivity contribution in [3.05, 3.63) is 24.0 Å². The summed E-state index contributed by atoms with van der Waals surface area (Å²) in [6, 6.07) is 3.83. The second-order valence-electron chi connectivity index (χ2n) is 3.72. The van der Waals surface area contributed by atoms with Crippen LogP contribution in [0.25, 0.3) is 0 Å². The van der Waals surface area contributed by atoms with E-state index < -0.39 is 0 Å². The lowest BCUT2D eigenvalue weighted by Gasteiger charge is -2.27. The summed E-state index contributed by atoms with van der Waals surface area (Å²) in [7, 11) is 0. The van der Waals surface area contributed by atoms with E-state index in [4.69, 9.17) is 0 Å². The van der Waals surface area contributed by atoms with E-state index in [0.717, 1.165) is 38.4 Å². The van der Waals surface area contributed by atoms with E-state index in [1.807, 2.05) is 27.8 Å². The summed E-state index contributed by atoms with van der Waals surface area (Å²) in [5, 5.41) is 3.24. The zero-order chi connectivity index (χ0) is 10.7. The standard InChI is InChI=1S/C11H17N3O.ClH/c1-2-13-7-3-4-10(13)11(15)14-8-5-12-6-9-14;/h3-4,7,12H,2,5-6,8-9H2,1H3;1H. The molecule has 5 heteroatoms. The maximum Gasteiger partial charge on any atom is 0.270 e. The molecule has 90 valence electrons. The molecule has 1 aromatic heterocycles. The SMILES string of the molecule is CCn1cccc1C(=O)N1CCNCC1.Cl. The summed E-state index contributed by atoms with van der Waals surface area (Å²) in [6.45, 7) is 6.33. The van der Waals surface area contributed by atoms with Crippen LogP contribution in [0.1, 0.15) is 17.4 Å². The number of halogens is 1. The summed E-state index contributed by atoms with van der Waals surface area (Å²) in [4.78, 5) is 14.0. The van der Waals surface area contributed by atoms with Crippen LogP contribution < -0.4 is 5.32 Å². The average Bonchev–Trinajstić information content (AvgIpc) is 2.77. The number of carbonyl (C=O) groups excluding carboxylic acids is 1. The topological polar surface area (TPSA) is 37.3 Å². The second kappa shape index (κ2) is 5.92. The van der Waals surface area contributed by atoms with Gasteiger partial charge in [0.1, 0.15) is 5.69 Å². The predicted molar refractivity (Wildman–Crippen MR) is 66.1 cm³/mol. The molecule has 1 amide bonds. The van der Waals surface area contributed by atoms with Crippen molar-refractivity contribution in [1.82, 2.24) is 14.8 Å². The Morgan fingerprint density at radius 3 is 2.75 bits per heavy atom. The largest absolute Gasteiger partial charge is 0.344 e. The molecular formula is C11H18ClN3O. The Balaban J connectivity index is 0.00000128. The minimum atomic E-state index is 0. The van der Waals surface area contributed by atoms with Gasteiger partial charge in [0.15, 0.2) is 0 Å². The quantitative estimate of drug-likeness (QED) is 0.841. The van der Waals surface area contributed by atoms with Gasteiger partial charge in [-0.1, -0.05) is 0 Å². The molecule has 1 aromatic rings. The molecule has 16 heavy (non-hydrogen) atoms. The third-order valence-electron chi connectivity index (χ3n) is 2.79. The molecule has 0 atom stereocenters. The third-order valence-corrected chi connectivity index (χ3v) is 2.79. The van der Waals surface area contributed by atoms with Gasteiger partial charge in [0.2, 0.25) is 0 Å². The lowest BCUT2D eigenvalue weighted by Crippen LogP contribution is -2.46. The Hall–Kier alpha value is -1.00. The number of aryl methyl sites for hydroxylation is 1. The zero-order valence-corrected chi connectivity index (χ0v) is 10.3. The van der Waals surface area contributed by atoms with Crippen LogP contribution in [0.4, 0.5) is 0 Å². The Morgan fingerprint density at radius 2 is 2.12 bits per heavy atom. The van der Waals surface area contributed by atoms with Crippen molar-refractivity contribution in [1.29, 1.82) is 0 Å². The molecule has 0 saturated carbocycles. The molecule has 1 fully saturated rings. The van der Waals surface area contributed by atoms with Crippen molar-refractivity contribution in [3.8, 4) is 0 Å². The van der Waals surface area contributed by atoms with E-state index in [-0.39, 0.29) is 18.3 Å². The lowest BCUT2D eigenvalue weighted by molar-refractivity contribution is 0.0725. The van der Waals surface area contributed by atoms with E-state index in [2.05, 4.69) is 12.2 Å². The fraction of sp³-hybridized carbons (Fsp3) is 0.545. The normalized spacial score (nSPS) is 15.7. The summed E-state index contributed by atoms with van der Waals surface area (Å²) in [6.07, 6.45) is 1.95. The number of aromatic nitrogens is 1. The molecule has 0 bridgehead atoms. The Bertz CT molecular complexity index is 345.